The lowest BCUT2D eigenvalue weighted by molar-refractivity contribution is 0.479. The predicted molar refractivity (Wildman–Crippen MR) is 45.8 cm³/mol. The maximum atomic E-state index is 4.15. The van der Waals surface area contributed by atoms with Crippen LogP contribution in [0.25, 0.3) is 0 Å². The summed E-state index contributed by atoms with van der Waals surface area (Å²) in [5, 5.41) is 11.6. The first-order chi connectivity index (χ1) is 5.79. The molecule has 0 saturated carbocycles. The molecule has 1 N–H and O–H groups in total. The molecule has 0 unspecified atom stereocenters. The Morgan fingerprint density at radius 2 is 2.33 bits per heavy atom. The SMILES string of the molecule is CC(C)n1nnc2c1CNCC2. The van der Waals surface area contributed by atoms with E-state index >= 15 is 0 Å². The van der Waals surface area contributed by atoms with Crippen molar-refractivity contribution in [3.8, 4) is 0 Å². The van der Waals surface area contributed by atoms with Crippen molar-refractivity contribution in [2.75, 3.05) is 6.54 Å². The van der Waals surface area contributed by atoms with Crippen molar-refractivity contribution in [2.45, 2.75) is 32.9 Å². The van der Waals surface area contributed by atoms with Crippen LogP contribution in [0.4, 0.5) is 0 Å². The molecule has 12 heavy (non-hydrogen) atoms. The summed E-state index contributed by atoms with van der Waals surface area (Å²) in [5.41, 5.74) is 2.43. The van der Waals surface area contributed by atoms with E-state index in [4.69, 9.17) is 0 Å². The summed E-state index contributed by atoms with van der Waals surface area (Å²) in [4.78, 5) is 0. The van der Waals surface area contributed by atoms with Gasteiger partial charge in [-0.25, -0.2) is 4.68 Å². The molecule has 0 amide bonds. The average Bonchev–Trinajstić information content (AvgIpc) is 2.47. The molecule has 4 heteroatoms. The minimum Gasteiger partial charge on any atom is -0.311 e. The number of hydrogen-bond acceptors (Lipinski definition) is 3. The van der Waals surface area contributed by atoms with E-state index in [0.29, 0.717) is 6.04 Å². The monoisotopic (exact) mass is 166 g/mol. The van der Waals surface area contributed by atoms with Gasteiger partial charge >= 0.3 is 0 Å². The van der Waals surface area contributed by atoms with E-state index < -0.39 is 0 Å². The van der Waals surface area contributed by atoms with Crippen molar-refractivity contribution in [2.24, 2.45) is 0 Å². The quantitative estimate of drug-likeness (QED) is 0.660. The smallest absolute Gasteiger partial charge is 0.0885 e. The maximum absolute atomic E-state index is 4.15. The number of nitrogens with zero attached hydrogens (tertiary/aromatic N) is 3. The van der Waals surface area contributed by atoms with Crippen molar-refractivity contribution >= 4 is 0 Å². The van der Waals surface area contributed by atoms with E-state index in [-0.39, 0.29) is 0 Å². The molecule has 4 nitrogen and oxygen atoms in total. The van der Waals surface area contributed by atoms with Crippen molar-refractivity contribution < 1.29 is 0 Å². The highest BCUT2D eigenvalue weighted by atomic mass is 15.4. The minimum absolute atomic E-state index is 0.418. The first-order valence-corrected chi connectivity index (χ1v) is 4.42. The van der Waals surface area contributed by atoms with Gasteiger partial charge in [0, 0.05) is 25.6 Å². The van der Waals surface area contributed by atoms with Crippen LogP contribution in [0, 0.1) is 0 Å². The van der Waals surface area contributed by atoms with Crippen LogP contribution in [0.5, 0.6) is 0 Å². The van der Waals surface area contributed by atoms with E-state index in [0.717, 1.165) is 19.5 Å². The highest BCUT2D eigenvalue weighted by molar-refractivity contribution is 5.13. The fraction of sp³-hybridized carbons (Fsp3) is 0.750. The van der Waals surface area contributed by atoms with Gasteiger partial charge in [-0.1, -0.05) is 5.21 Å². The second-order valence-electron chi connectivity index (χ2n) is 3.45. The summed E-state index contributed by atoms with van der Waals surface area (Å²) in [6.45, 7) is 6.21. The first kappa shape index (κ1) is 7.73. The third-order valence-corrected chi connectivity index (χ3v) is 2.19. The van der Waals surface area contributed by atoms with E-state index in [1.54, 1.807) is 0 Å². The van der Waals surface area contributed by atoms with Gasteiger partial charge < -0.3 is 5.32 Å². The Hall–Kier alpha value is -0.900. The van der Waals surface area contributed by atoms with E-state index in [9.17, 15) is 0 Å². The molecule has 1 aromatic heterocycles. The second-order valence-corrected chi connectivity index (χ2v) is 3.45. The zero-order chi connectivity index (χ0) is 8.55. The Morgan fingerprint density at radius 3 is 3.08 bits per heavy atom. The van der Waals surface area contributed by atoms with Gasteiger partial charge in [-0.15, -0.1) is 5.10 Å². The molecule has 0 spiro atoms. The Balaban J connectivity index is 2.38. The fourth-order valence-electron chi connectivity index (χ4n) is 1.55. The Bertz CT molecular complexity index is 277. The average molecular weight is 166 g/mol. The molecule has 66 valence electrons. The molecule has 0 radical (unpaired) electrons. The van der Waals surface area contributed by atoms with Crippen LogP contribution < -0.4 is 5.32 Å². The summed E-state index contributed by atoms with van der Waals surface area (Å²) in [7, 11) is 0. The summed E-state index contributed by atoms with van der Waals surface area (Å²) >= 11 is 0. The summed E-state index contributed by atoms with van der Waals surface area (Å²) in [5.74, 6) is 0. The van der Waals surface area contributed by atoms with E-state index in [1.165, 1.54) is 11.4 Å². The van der Waals surface area contributed by atoms with Crippen molar-refractivity contribution in [1.82, 2.24) is 20.3 Å². The molecule has 0 bridgehead atoms. The van der Waals surface area contributed by atoms with Gasteiger partial charge in [0.2, 0.25) is 0 Å². The normalized spacial score (nSPS) is 16.6. The Kier molecular flexibility index (Phi) is 1.84. The molecule has 0 saturated heterocycles. The van der Waals surface area contributed by atoms with Crippen molar-refractivity contribution in [1.29, 1.82) is 0 Å². The van der Waals surface area contributed by atoms with Gasteiger partial charge in [-0.05, 0) is 13.8 Å². The van der Waals surface area contributed by atoms with Crippen molar-refractivity contribution in [3.05, 3.63) is 11.4 Å². The van der Waals surface area contributed by atoms with Crippen LogP contribution in [-0.2, 0) is 13.0 Å². The van der Waals surface area contributed by atoms with Gasteiger partial charge in [0.15, 0.2) is 0 Å². The number of rotatable bonds is 1. The van der Waals surface area contributed by atoms with Crippen LogP contribution in [0.3, 0.4) is 0 Å². The van der Waals surface area contributed by atoms with Crippen LogP contribution in [0.1, 0.15) is 31.3 Å². The molecular weight excluding hydrogens is 152 g/mol. The standard InChI is InChI=1S/C8H14N4/c1-6(2)12-8-5-9-4-3-7(8)10-11-12/h6,9H,3-5H2,1-2H3. The Morgan fingerprint density at radius 1 is 1.50 bits per heavy atom. The largest absolute Gasteiger partial charge is 0.311 e. The second kappa shape index (κ2) is 2.86. The Labute approximate surface area is 72.0 Å². The third-order valence-electron chi connectivity index (χ3n) is 2.19. The van der Waals surface area contributed by atoms with Gasteiger partial charge in [0.25, 0.3) is 0 Å². The predicted octanol–water partition coefficient (Wildman–Crippen LogP) is 0.505. The van der Waals surface area contributed by atoms with Crippen LogP contribution in [0.15, 0.2) is 0 Å². The molecular formula is C8H14N4. The van der Waals surface area contributed by atoms with E-state index in [2.05, 4.69) is 29.5 Å². The zero-order valence-electron chi connectivity index (χ0n) is 7.54. The maximum Gasteiger partial charge on any atom is 0.0885 e. The molecule has 1 aromatic rings. The lowest BCUT2D eigenvalue weighted by atomic mass is 10.2. The van der Waals surface area contributed by atoms with Gasteiger partial charge in [-0.2, -0.15) is 0 Å². The molecule has 0 aliphatic carbocycles. The zero-order valence-corrected chi connectivity index (χ0v) is 7.54. The highest BCUT2D eigenvalue weighted by Gasteiger charge is 2.17. The summed E-state index contributed by atoms with van der Waals surface area (Å²) < 4.78 is 2.00. The van der Waals surface area contributed by atoms with Gasteiger partial charge in [0.05, 0.1) is 11.4 Å². The fourth-order valence-corrected chi connectivity index (χ4v) is 1.55. The topological polar surface area (TPSA) is 42.7 Å². The molecule has 1 aliphatic rings. The minimum atomic E-state index is 0.418. The van der Waals surface area contributed by atoms with E-state index in [1.807, 2.05) is 4.68 Å². The van der Waals surface area contributed by atoms with Gasteiger partial charge in [0.1, 0.15) is 0 Å². The number of hydrogen-bond donors (Lipinski definition) is 1. The lowest BCUT2D eigenvalue weighted by Crippen LogP contribution is -2.25. The summed E-state index contributed by atoms with van der Waals surface area (Å²) in [6, 6.07) is 0.418. The molecule has 0 fully saturated rings. The number of aromatic nitrogens is 3. The number of fused-ring (bicyclic) bond motifs is 1. The first-order valence-electron chi connectivity index (χ1n) is 4.42. The van der Waals surface area contributed by atoms with Gasteiger partial charge in [-0.3, -0.25) is 0 Å². The van der Waals surface area contributed by atoms with Crippen LogP contribution in [-0.4, -0.2) is 21.5 Å². The highest BCUT2D eigenvalue weighted by Crippen LogP contribution is 2.14. The molecule has 0 aromatic carbocycles. The third kappa shape index (κ3) is 1.12. The number of nitrogens with one attached hydrogen (secondary N) is 1. The van der Waals surface area contributed by atoms with Crippen molar-refractivity contribution in [3.63, 3.8) is 0 Å². The molecule has 0 atom stereocenters. The lowest BCUT2D eigenvalue weighted by Gasteiger charge is -2.15. The summed E-state index contributed by atoms with van der Waals surface area (Å²) in [6.07, 6.45) is 1.02. The van der Waals surface area contributed by atoms with Crippen LogP contribution in [0.2, 0.25) is 0 Å². The molecule has 2 rings (SSSR count). The molecule has 1 aliphatic heterocycles. The molecule has 2 heterocycles. The van der Waals surface area contributed by atoms with Crippen LogP contribution >= 0.6 is 0 Å².